The first-order chi connectivity index (χ1) is 14.0. The highest BCUT2D eigenvalue weighted by molar-refractivity contribution is 14.0. The maximum absolute atomic E-state index is 11.9. The molecule has 7 nitrogen and oxygen atoms in total. The summed E-state index contributed by atoms with van der Waals surface area (Å²) >= 11 is 6.18. The van der Waals surface area contributed by atoms with Crippen molar-refractivity contribution in [1.29, 1.82) is 0 Å². The standard InChI is InChI=1S/C21H34ClN5O2.HI/c1-5-15(3)25-20(28)9-11-24-21(23-6-2)26-17-10-12-27(14-17)18-13-16(22)7-8-19(18)29-4;/h7-8,13,15,17H,5-6,9-12,14H2,1-4H3,(H,25,28)(H2,23,24,26);1H. The van der Waals surface area contributed by atoms with Crippen LogP contribution in [0, 0.1) is 0 Å². The topological polar surface area (TPSA) is 78.0 Å². The lowest BCUT2D eigenvalue weighted by atomic mass is 10.2. The molecule has 2 rings (SSSR count). The lowest BCUT2D eigenvalue weighted by molar-refractivity contribution is -0.121. The van der Waals surface area contributed by atoms with Crippen LogP contribution in [0.1, 0.15) is 40.0 Å². The van der Waals surface area contributed by atoms with Crippen molar-refractivity contribution in [3.8, 4) is 5.75 Å². The van der Waals surface area contributed by atoms with Crippen molar-refractivity contribution in [3.05, 3.63) is 23.2 Å². The number of ether oxygens (including phenoxy) is 1. The molecule has 0 aromatic heterocycles. The normalized spacial score (nSPS) is 17.2. The fraction of sp³-hybridized carbons (Fsp3) is 0.619. The van der Waals surface area contributed by atoms with Crippen molar-refractivity contribution in [1.82, 2.24) is 16.0 Å². The summed E-state index contributed by atoms with van der Waals surface area (Å²) in [6.45, 7) is 9.05. The van der Waals surface area contributed by atoms with E-state index in [2.05, 4.69) is 32.8 Å². The van der Waals surface area contributed by atoms with E-state index in [0.29, 0.717) is 18.0 Å². The summed E-state index contributed by atoms with van der Waals surface area (Å²) in [6, 6.07) is 6.13. The third kappa shape index (κ3) is 8.37. The average molecular weight is 552 g/mol. The minimum Gasteiger partial charge on any atom is -0.495 e. The maximum atomic E-state index is 11.9. The van der Waals surface area contributed by atoms with Crippen molar-refractivity contribution >= 4 is 53.1 Å². The molecule has 0 saturated carbocycles. The van der Waals surface area contributed by atoms with Gasteiger partial charge in [0.25, 0.3) is 0 Å². The lowest BCUT2D eigenvalue weighted by Crippen LogP contribution is -2.44. The van der Waals surface area contributed by atoms with Crippen LogP contribution < -0.4 is 25.6 Å². The van der Waals surface area contributed by atoms with Crippen LogP contribution in [0.3, 0.4) is 0 Å². The Morgan fingerprint density at radius 2 is 2.17 bits per heavy atom. The zero-order valence-corrected chi connectivity index (χ0v) is 21.4. The number of benzene rings is 1. The number of halogens is 2. The monoisotopic (exact) mass is 551 g/mol. The fourth-order valence-electron chi connectivity index (χ4n) is 3.24. The van der Waals surface area contributed by atoms with E-state index >= 15 is 0 Å². The van der Waals surface area contributed by atoms with E-state index in [1.54, 1.807) is 7.11 Å². The molecule has 1 aromatic rings. The molecule has 1 aromatic carbocycles. The molecule has 1 aliphatic heterocycles. The molecule has 1 amide bonds. The zero-order chi connectivity index (χ0) is 21.2. The second kappa shape index (κ2) is 13.8. The number of aliphatic imine (C=N–C) groups is 1. The van der Waals surface area contributed by atoms with E-state index in [-0.39, 0.29) is 42.0 Å². The number of nitrogens with one attached hydrogen (secondary N) is 3. The molecule has 9 heteroatoms. The highest BCUT2D eigenvalue weighted by Crippen LogP contribution is 2.33. The Labute approximate surface area is 202 Å². The van der Waals surface area contributed by atoms with Gasteiger partial charge in [-0.3, -0.25) is 9.79 Å². The van der Waals surface area contributed by atoms with Crippen molar-refractivity contribution in [3.63, 3.8) is 0 Å². The predicted octanol–water partition coefficient (Wildman–Crippen LogP) is 3.41. The van der Waals surface area contributed by atoms with Gasteiger partial charge in [0.1, 0.15) is 5.75 Å². The number of rotatable bonds is 9. The second-order valence-corrected chi connectivity index (χ2v) is 7.72. The molecule has 30 heavy (non-hydrogen) atoms. The lowest BCUT2D eigenvalue weighted by Gasteiger charge is -2.22. The number of guanidine groups is 1. The van der Waals surface area contributed by atoms with Crippen LogP contribution in [0.15, 0.2) is 23.2 Å². The largest absolute Gasteiger partial charge is 0.495 e. The number of hydrogen-bond acceptors (Lipinski definition) is 4. The summed E-state index contributed by atoms with van der Waals surface area (Å²) in [5, 5.41) is 10.4. The van der Waals surface area contributed by atoms with Crippen LogP contribution in [0.5, 0.6) is 5.75 Å². The first kappa shape index (κ1) is 26.6. The van der Waals surface area contributed by atoms with E-state index in [4.69, 9.17) is 16.3 Å². The Kier molecular flexibility index (Phi) is 12.2. The number of hydrogen-bond donors (Lipinski definition) is 3. The van der Waals surface area contributed by atoms with Crippen molar-refractivity contribution < 1.29 is 9.53 Å². The third-order valence-electron chi connectivity index (χ3n) is 4.98. The Bertz CT molecular complexity index is 704. The van der Waals surface area contributed by atoms with E-state index in [1.807, 2.05) is 32.0 Å². The third-order valence-corrected chi connectivity index (χ3v) is 5.22. The number of nitrogens with zero attached hydrogens (tertiary/aromatic N) is 2. The van der Waals surface area contributed by atoms with E-state index in [0.717, 1.165) is 49.9 Å². The Morgan fingerprint density at radius 1 is 1.40 bits per heavy atom. The summed E-state index contributed by atoms with van der Waals surface area (Å²) in [4.78, 5) is 18.8. The molecule has 1 fully saturated rings. The SMILES string of the molecule is CCNC(=NCCC(=O)NC(C)CC)NC1CCN(c2cc(Cl)ccc2OC)C1.I. The minimum atomic E-state index is 0. The summed E-state index contributed by atoms with van der Waals surface area (Å²) in [5.74, 6) is 1.61. The van der Waals surface area contributed by atoms with E-state index in [9.17, 15) is 4.79 Å². The van der Waals surface area contributed by atoms with Crippen LogP contribution in [0.25, 0.3) is 0 Å². The van der Waals surface area contributed by atoms with Crippen LogP contribution in [0.2, 0.25) is 5.02 Å². The molecular weight excluding hydrogens is 517 g/mol. The first-order valence-corrected chi connectivity index (χ1v) is 10.8. The van der Waals surface area contributed by atoms with Crippen molar-refractivity contribution in [2.45, 2.75) is 52.1 Å². The van der Waals surface area contributed by atoms with Gasteiger partial charge in [-0.2, -0.15) is 0 Å². The molecule has 1 saturated heterocycles. The quantitative estimate of drug-likeness (QED) is 0.249. The van der Waals surface area contributed by atoms with Crippen LogP contribution in [0.4, 0.5) is 5.69 Å². The molecular formula is C21H35ClIN5O2. The molecule has 1 heterocycles. The number of carbonyl (C=O) groups is 1. The van der Waals surface area contributed by atoms with Gasteiger partial charge in [0, 0.05) is 43.2 Å². The summed E-state index contributed by atoms with van der Waals surface area (Å²) in [5.41, 5.74) is 1.01. The number of amides is 1. The van der Waals surface area contributed by atoms with Gasteiger partial charge in [-0.25, -0.2) is 0 Å². The predicted molar refractivity (Wildman–Crippen MR) is 136 cm³/mol. The zero-order valence-electron chi connectivity index (χ0n) is 18.3. The van der Waals surface area contributed by atoms with E-state index < -0.39 is 0 Å². The molecule has 2 unspecified atom stereocenters. The highest BCUT2D eigenvalue weighted by atomic mass is 127. The van der Waals surface area contributed by atoms with Gasteiger partial charge in [-0.05, 0) is 44.9 Å². The van der Waals surface area contributed by atoms with Gasteiger partial charge in [0.15, 0.2) is 5.96 Å². The highest BCUT2D eigenvalue weighted by Gasteiger charge is 2.25. The van der Waals surface area contributed by atoms with Crippen LogP contribution in [-0.4, -0.2) is 57.2 Å². The van der Waals surface area contributed by atoms with Gasteiger partial charge in [-0.1, -0.05) is 18.5 Å². The van der Waals surface area contributed by atoms with Crippen LogP contribution >= 0.6 is 35.6 Å². The van der Waals surface area contributed by atoms with E-state index in [1.165, 1.54) is 0 Å². The molecule has 1 aliphatic rings. The Balaban J connectivity index is 0.00000450. The Hall–Kier alpha value is -1.42. The summed E-state index contributed by atoms with van der Waals surface area (Å²) in [7, 11) is 1.67. The van der Waals surface area contributed by atoms with Crippen molar-refractivity contribution in [2.75, 3.05) is 38.2 Å². The van der Waals surface area contributed by atoms with Gasteiger partial charge >= 0.3 is 0 Å². The first-order valence-electron chi connectivity index (χ1n) is 10.4. The smallest absolute Gasteiger partial charge is 0.222 e. The maximum Gasteiger partial charge on any atom is 0.222 e. The van der Waals surface area contributed by atoms with Gasteiger partial charge in [0.05, 0.1) is 19.3 Å². The van der Waals surface area contributed by atoms with Crippen LogP contribution in [-0.2, 0) is 4.79 Å². The fourth-order valence-corrected chi connectivity index (χ4v) is 3.41. The number of carbonyl (C=O) groups excluding carboxylic acids is 1. The molecule has 0 aliphatic carbocycles. The summed E-state index contributed by atoms with van der Waals surface area (Å²) < 4.78 is 5.48. The Morgan fingerprint density at radius 3 is 2.83 bits per heavy atom. The molecule has 0 bridgehead atoms. The average Bonchev–Trinajstić information content (AvgIpc) is 3.16. The number of anilines is 1. The van der Waals surface area contributed by atoms with Crippen molar-refractivity contribution in [2.24, 2.45) is 4.99 Å². The van der Waals surface area contributed by atoms with Gasteiger partial charge in [0.2, 0.25) is 5.91 Å². The minimum absolute atomic E-state index is 0. The van der Waals surface area contributed by atoms with Gasteiger partial charge < -0.3 is 25.6 Å². The molecule has 3 N–H and O–H groups in total. The summed E-state index contributed by atoms with van der Waals surface area (Å²) in [6.07, 6.45) is 2.29. The number of methoxy groups -OCH3 is 1. The second-order valence-electron chi connectivity index (χ2n) is 7.28. The molecule has 2 atom stereocenters. The molecule has 0 spiro atoms. The molecule has 170 valence electrons. The molecule has 0 radical (unpaired) electrons. The van der Waals surface area contributed by atoms with Gasteiger partial charge in [-0.15, -0.1) is 24.0 Å².